The first-order valence-electron chi connectivity index (χ1n) is 10.6. The third kappa shape index (κ3) is 4.12. The minimum atomic E-state index is -0.314. The molecule has 0 spiro atoms. The van der Waals surface area contributed by atoms with Gasteiger partial charge in [0.1, 0.15) is 6.61 Å². The summed E-state index contributed by atoms with van der Waals surface area (Å²) >= 11 is 0. The second-order valence-corrected chi connectivity index (χ2v) is 8.58. The molecule has 2 heterocycles. The van der Waals surface area contributed by atoms with Gasteiger partial charge in [-0.15, -0.1) is 0 Å². The number of ketones is 1. The van der Waals surface area contributed by atoms with E-state index in [2.05, 4.69) is 13.0 Å². The molecule has 2 aliphatic rings. The summed E-state index contributed by atoms with van der Waals surface area (Å²) in [5.41, 5.74) is 5.12. The minimum absolute atomic E-state index is 0.0946. The number of hydrogen-bond acceptors (Lipinski definition) is 4. The van der Waals surface area contributed by atoms with Gasteiger partial charge in [-0.2, -0.15) is 0 Å². The number of carbonyl (C=O) groups excluding carboxylic acids is 2. The van der Waals surface area contributed by atoms with Crippen LogP contribution in [0.5, 0.6) is 0 Å². The highest BCUT2D eigenvalue weighted by Crippen LogP contribution is 2.35. The van der Waals surface area contributed by atoms with Crippen LogP contribution in [0.4, 0.5) is 4.79 Å². The zero-order chi connectivity index (χ0) is 21.3. The largest absolute Gasteiger partial charge is 0.445 e. The molecule has 0 radical (unpaired) electrons. The van der Waals surface area contributed by atoms with Gasteiger partial charge in [-0.25, -0.2) is 4.79 Å². The smallest absolute Gasteiger partial charge is 0.410 e. The van der Waals surface area contributed by atoms with Crippen LogP contribution in [-0.4, -0.2) is 42.1 Å². The molecule has 2 bridgehead atoms. The van der Waals surface area contributed by atoms with E-state index in [-0.39, 0.29) is 36.5 Å². The fourth-order valence-electron chi connectivity index (χ4n) is 4.67. The molecule has 0 saturated carbocycles. The number of benzene rings is 2. The average molecular weight is 408 g/mol. The first kappa shape index (κ1) is 20.6. The van der Waals surface area contributed by atoms with Crippen LogP contribution in [0.1, 0.15) is 45.5 Å². The highest BCUT2D eigenvalue weighted by atomic mass is 16.6. The SMILES string of the molecule is Cc1cc(C)c(C(=O)C2CC3COCC(C2)N3C(=O)OCc2ccccc2)cc1C. The van der Waals surface area contributed by atoms with Gasteiger partial charge in [0.2, 0.25) is 0 Å². The lowest BCUT2D eigenvalue weighted by Crippen LogP contribution is -2.59. The molecule has 2 saturated heterocycles. The summed E-state index contributed by atoms with van der Waals surface area (Å²) in [6, 6.07) is 13.5. The van der Waals surface area contributed by atoms with Crippen LogP contribution in [0.15, 0.2) is 42.5 Å². The summed E-state index contributed by atoms with van der Waals surface area (Å²) in [7, 11) is 0. The van der Waals surface area contributed by atoms with Gasteiger partial charge in [-0.1, -0.05) is 36.4 Å². The van der Waals surface area contributed by atoms with Crippen molar-refractivity contribution in [3.05, 3.63) is 70.3 Å². The molecule has 0 N–H and O–H groups in total. The highest BCUT2D eigenvalue weighted by Gasteiger charge is 2.44. The number of hydrogen-bond donors (Lipinski definition) is 0. The van der Waals surface area contributed by atoms with E-state index in [4.69, 9.17) is 9.47 Å². The molecule has 2 aromatic carbocycles. The molecular weight excluding hydrogens is 378 g/mol. The van der Waals surface area contributed by atoms with Crippen LogP contribution >= 0.6 is 0 Å². The molecule has 5 nitrogen and oxygen atoms in total. The van der Waals surface area contributed by atoms with Gasteiger partial charge in [-0.05, 0) is 61.9 Å². The molecule has 2 unspecified atom stereocenters. The molecule has 1 amide bonds. The van der Waals surface area contributed by atoms with Gasteiger partial charge >= 0.3 is 6.09 Å². The maximum absolute atomic E-state index is 13.3. The number of piperidine rings is 1. The first-order valence-corrected chi connectivity index (χ1v) is 10.6. The Labute approximate surface area is 178 Å². The van der Waals surface area contributed by atoms with Crippen LogP contribution in [0, 0.1) is 26.7 Å². The van der Waals surface area contributed by atoms with Crippen molar-refractivity contribution in [2.24, 2.45) is 5.92 Å². The second-order valence-electron chi connectivity index (χ2n) is 8.58. The third-order valence-corrected chi connectivity index (χ3v) is 6.41. The summed E-state index contributed by atoms with van der Waals surface area (Å²) in [6.07, 6.45) is 0.912. The average Bonchev–Trinajstić information content (AvgIpc) is 2.74. The molecule has 2 fully saturated rings. The number of rotatable bonds is 4. The van der Waals surface area contributed by atoms with Gasteiger partial charge < -0.3 is 9.47 Å². The number of amides is 1. The van der Waals surface area contributed by atoms with Gasteiger partial charge in [0.25, 0.3) is 0 Å². The van der Waals surface area contributed by atoms with E-state index in [1.807, 2.05) is 55.1 Å². The molecule has 0 aromatic heterocycles. The Morgan fingerprint density at radius 1 is 0.967 bits per heavy atom. The van der Waals surface area contributed by atoms with Crippen molar-refractivity contribution >= 4 is 11.9 Å². The summed E-state index contributed by atoms with van der Waals surface area (Å²) in [6.45, 7) is 7.26. The van der Waals surface area contributed by atoms with Crippen molar-refractivity contribution < 1.29 is 19.1 Å². The monoisotopic (exact) mass is 407 g/mol. The predicted octanol–water partition coefficient (Wildman–Crippen LogP) is 4.61. The van der Waals surface area contributed by atoms with Gasteiger partial charge in [0.05, 0.1) is 25.3 Å². The molecule has 2 atom stereocenters. The molecule has 0 aliphatic carbocycles. The number of nitrogens with zero attached hydrogens (tertiary/aromatic N) is 1. The van der Waals surface area contributed by atoms with Crippen molar-refractivity contribution in [2.45, 2.75) is 52.3 Å². The lowest BCUT2D eigenvalue weighted by atomic mass is 9.79. The van der Waals surface area contributed by atoms with Gasteiger partial charge in [0.15, 0.2) is 5.78 Å². The van der Waals surface area contributed by atoms with Crippen molar-refractivity contribution in [3.8, 4) is 0 Å². The number of fused-ring (bicyclic) bond motifs is 2. The van der Waals surface area contributed by atoms with Crippen LogP contribution in [0.2, 0.25) is 0 Å². The molecular formula is C25H29NO4. The Balaban J connectivity index is 1.46. The summed E-state index contributed by atoms with van der Waals surface area (Å²) in [5.74, 6) is 0.0904. The molecule has 2 aromatic rings. The Morgan fingerprint density at radius 2 is 1.60 bits per heavy atom. The van der Waals surface area contributed by atoms with Crippen molar-refractivity contribution in [3.63, 3.8) is 0 Å². The zero-order valence-electron chi connectivity index (χ0n) is 17.9. The second kappa shape index (κ2) is 8.60. The van der Waals surface area contributed by atoms with Crippen LogP contribution < -0.4 is 0 Å². The standard InChI is InChI=1S/C25H29NO4/c1-16-9-18(3)23(10-17(16)2)24(27)20-11-21-14-29-15-22(12-20)26(21)25(28)30-13-19-7-5-4-6-8-19/h4-10,20-22H,11-15H2,1-3H3. The molecule has 5 heteroatoms. The van der Waals surface area contributed by atoms with Crippen LogP contribution in [-0.2, 0) is 16.1 Å². The number of Topliss-reactive ketones (excluding diaryl/α,β-unsaturated/α-hetero) is 1. The maximum atomic E-state index is 13.3. The Hall–Kier alpha value is -2.66. The van der Waals surface area contributed by atoms with E-state index in [1.165, 1.54) is 5.56 Å². The van der Waals surface area contributed by atoms with Gasteiger partial charge in [-0.3, -0.25) is 9.69 Å². The molecule has 30 heavy (non-hydrogen) atoms. The Morgan fingerprint density at radius 3 is 2.27 bits per heavy atom. The molecule has 2 aliphatic heterocycles. The Kier molecular flexibility index (Phi) is 5.91. The fourth-order valence-corrected chi connectivity index (χ4v) is 4.67. The number of ether oxygens (including phenoxy) is 2. The summed E-state index contributed by atoms with van der Waals surface area (Å²) in [5, 5.41) is 0. The number of aryl methyl sites for hydroxylation is 3. The fraction of sp³-hybridized carbons (Fsp3) is 0.440. The van der Waals surface area contributed by atoms with Crippen molar-refractivity contribution in [1.29, 1.82) is 0 Å². The van der Waals surface area contributed by atoms with Crippen LogP contribution in [0.3, 0.4) is 0 Å². The minimum Gasteiger partial charge on any atom is -0.445 e. The van der Waals surface area contributed by atoms with E-state index < -0.39 is 0 Å². The lowest BCUT2D eigenvalue weighted by Gasteiger charge is -2.47. The number of carbonyl (C=O) groups is 2. The van der Waals surface area contributed by atoms with E-state index in [0.29, 0.717) is 26.1 Å². The number of morpholine rings is 1. The van der Waals surface area contributed by atoms with E-state index >= 15 is 0 Å². The lowest BCUT2D eigenvalue weighted by molar-refractivity contribution is -0.0755. The molecule has 4 rings (SSSR count). The summed E-state index contributed by atoms with van der Waals surface area (Å²) < 4.78 is 11.3. The highest BCUT2D eigenvalue weighted by molar-refractivity contribution is 5.99. The van der Waals surface area contributed by atoms with Crippen molar-refractivity contribution in [2.75, 3.05) is 13.2 Å². The van der Waals surface area contributed by atoms with E-state index in [9.17, 15) is 9.59 Å². The molecule has 158 valence electrons. The Bertz CT molecular complexity index is 926. The maximum Gasteiger partial charge on any atom is 0.410 e. The topological polar surface area (TPSA) is 55.8 Å². The normalized spacial score (nSPS) is 23.2. The summed E-state index contributed by atoms with van der Waals surface area (Å²) in [4.78, 5) is 28.0. The van der Waals surface area contributed by atoms with E-state index in [1.54, 1.807) is 0 Å². The van der Waals surface area contributed by atoms with Crippen molar-refractivity contribution in [1.82, 2.24) is 4.90 Å². The quantitative estimate of drug-likeness (QED) is 0.695. The predicted molar refractivity (Wildman–Crippen MR) is 115 cm³/mol. The zero-order valence-corrected chi connectivity index (χ0v) is 17.9. The van der Waals surface area contributed by atoms with Gasteiger partial charge in [0, 0.05) is 11.5 Å². The third-order valence-electron chi connectivity index (χ3n) is 6.41. The van der Waals surface area contributed by atoms with E-state index in [0.717, 1.165) is 22.3 Å². The van der Waals surface area contributed by atoms with Crippen LogP contribution in [0.25, 0.3) is 0 Å². The first-order chi connectivity index (χ1) is 14.4.